The largest absolute Gasteiger partial charge is 0.573 e. The van der Waals surface area contributed by atoms with E-state index in [1.807, 2.05) is 0 Å². The van der Waals surface area contributed by atoms with Gasteiger partial charge in [0.25, 0.3) is 0 Å². The van der Waals surface area contributed by atoms with Crippen molar-refractivity contribution < 1.29 is 32.6 Å². The molecule has 1 aromatic carbocycles. The van der Waals surface area contributed by atoms with Crippen LogP contribution in [0.25, 0.3) is 0 Å². The van der Waals surface area contributed by atoms with Crippen molar-refractivity contribution in [3.63, 3.8) is 0 Å². The van der Waals surface area contributed by atoms with Gasteiger partial charge >= 0.3 is 18.4 Å². The number of para-hydroxylation sites is 2. The predicted molar refractivity (Wildman–Crippen MR) is 67.0 cm³/mol. The fourth-order valence-corrected chi connectivity index (χ4v) is 1.33. The molecule has 0 bridgehead atoms. The van der Waals surface area contributed by atoms with Crippen LogP contribution in [-0.4, -0.2) is 41.5 Å². The van der Waals surface area contributed by atoms with Crippen molar-refractivity contribution in [3.8, 4) is 5.75 Å². The van der Waals surface area contributed by atoms with Crippen molar-refractivity contribution in [2.24, 2.45) is 0 Å². The molecule has 0 radical (unpaired) electrons. The Hall–Kier alpha value is -2.45. The Balaban J connectivity index is 2.88. The number of carboxylic acid groups (broad SMARTS) is 1. The zero-order chi connectivity index (χ0) is 16.2. The topological polar surface area (TPSA) is 78.9 Å². The van der Waals surface area contributed by atoms with E-state index in [9.17, 15) is 22.8 Å². The molecule has 2 amide bonds. The van der Waals surface area contributed by atoms with Gasteiger partial charge < -0.3 is 20.1 Å². The van der Waals surface area contributed by atoms with Crippen LogP contribution in [0.2, 0.25) is 0 Å². The second kappa shape index (κ2) is 6.33. The van der Waals surface area contributed by atoms with Crippen LogP contribution in [0.4, 0.5) is 23.7 Å². The van der Waals surface area contributed by atoms with Crippen molar-refractivity contribution in [2.45, 2.75) is 19.3 Å². The van der Waals surface area contributed by atoms with Gasteiger partial charge in [-0.3, -0.25) is 0 Å². The average molecular weight is 306 g/mol. The van der Waals surface area contributed by atoms with Crippen LogP contribution in [0.3, 0.4) is 0 Å². The van der Waals surface area contributed by atoms with Crippen molar-refractivity contribution in [2.75, 3.05) is 12.4 Å². The zero-order valence-corrected chi connectivity index (χ0v) is 11.1. The molecule has 116 valence electrons. The maximum absolute atomic E-state index is 12.2. The van der Waals surface area contributed by atoms with Crippen LogP contribution < -0.4 is 10.1 Å². The minimum Gasteiger partial charge on any atom is -0.480 e. The van der Waals surface area contributed by atoms with E-state index in [4.69, 9.17) is 5.11 Å². The number of anilines is 1. The molecule has 0 spiro atoms. The molecule has 1 aromatic rings. The molecule has 1 unspecified atom stereocenters. The van der Waals surface area contributed by atoms with Gasteiger partial charge in [-0.05, 0) is 19.1 Å². The molecule has 0 heterocycles. The molecule has 0 aliphatic carbocycles. The van der Waals surface area contributed by atoms with Crippen molar-refractivity contribution in [1.29, 1.82) is 0 Å². The molecule has 2 N–H and O–H groups in total. The van der Waals surface area contributed by atoms with E-state index in [0.29, 0.717) is 0 Å². The first-order valence-electron chi connectivity index (χ1n) is 5.73. The van der Waals surface area contributed by atoms with Gasteiger partial charge in [0.1, 0.15) is 6.04 Å². The number of nitrogens with one attached hydrogen (secondary N) is 1. The number of aliphatic carboxylic acids is 1. The van der Waals surface area contributed by atoms with E-state index in [1.165, 1.54) is 32.2 Å². The third kappa shape index (κ3) is 4.86. The molecule has 1 atom stereocenters. The average Bonchev–Trinajstić information content (AvgIpc) is 2.37. The lowest BCUT2D eigenvalue weighted by Gasteiger charge is -2.22. The van der Waals surface area contributed by atoms with Gasteiger partial charge in [-0.2, -0.15) is 0 Å². The molecule has 1 rings (SSSR count). The number of nitrogens with zero attached hydrogens (tertiary/aromatic N) is 1. The third-order valence-corrected chi connectivity index (χ3v) is 2.61. The number of carboxylic acids is 1. The summed E-state index contributed by atoms with van der Waals surface area (Å²) < 4.78 is 40.5. The number of benzene rings is 1. The smallest absolute Gasteiger partial charge is 0.480 e. The molecule has 0 aliphatic heterocycles. The van der Waals surface area contributed by atoms with Crippen molar-refractivity contribution in [3.05, 3.63) is 24.3 Å². The Morgan fingerprint density at radius 1 is 1.33 bits per heavy atom. The molecule has 0 saturated heterocycles. The second-order valence-electron chi connectivity index (χ2n) is 4.10. The molecule has 6 nitrogen and oxygen atoms in total. The maximum Gasteiger partial charge on any atom is 0.573 e. The first-order valence-corrected chi connectivity index (χ1v) is 5.73. The maximum atomic E-state index is 12.2. The van der Waals surface area contributed by atoms with E-state index < -0.39 is 30.2 Å². The highest BCUT2D eigenvalue weighted by Crippen LogP contribution is 2.30. The summed E-state index contributed by atoms with van der Waals surface area (Å²) in [5.74, 6) is -1.83. The summed E-state index contributed by atoms with van der Waals surface area (Å²) in [6, 6.07) is 2.94. The molecule has 0 aliphatic rings. The summed E-state index contributed by atoms with van der Waals surface area (Å²) in [7, 11) is 1.21. The predicted octanol–water partition coefficient (Wildman–Crippen LogP) is 2.52. The lowest BCUT2D eigenvalue weighted by molar-refractivity contribution is -0.274. The van der Waals surface area contributed by atoms with Crippen LogP contribution in [-0.2, 0) is 4.79 Å². The van der Waals surface area contributed by atoms with E-state index in [0.717, 1.165) is 11.0 Å². The van der Waals surface area contributed by atoms with Crippen molar-refractivity contribution in [1.82, 2.24) is 4.90 Å². The summed E-state index contributed by atoms with van der Waals surface area (Å²) in [6.07, 6.45) is -4.90. The highest BCUT2D eigenvalue weighted by atomic mass is 19.4. The van der Waals surface area contributed by atoms with Gasteiger partial charge in [-0.1, -0.05) is 12.1 Å². The second-order valence-corrected chi connectivity index (χ2v) is 4.10. The number of urea groups is 1. The molecular weight excluding hydrogens is 293 g/mol. The first kappa shape index (κ1) is 16.6. The molecule has 0 saturated carbocycles. The molecule has 21 heavy (non-hydrogen) atoms. The number of hydrogen-bond acceptors (Lipinski definition) is 3. The van der Waals surface area contributed by atoms with Crippen LogP contribution in [0.5, 0.6) is 5.75 Å². The highest BCUT2D eigenvalue weighted by Gasteiger charge is 2.32. The minimum absolute atomic E-state index is 0.218. The standard InChI is InChI=1S/C12H13F3N2O4/c1-7(10(18)19)17(2)11(20)16-8-5-3-4-6-9(8)21-12(13,14)15/h3-7H,1-2H3,(H,16,20)(H,18,19). The van der Waals surface area contributed by atoms with Gasteiger partial charge in [0.05, 0.1) is 5.69 Å². The molecule has 0 aromatic heterocycles. The van der Waals surface area contributed by atoms with E-state index in [-0.39, 0.29) is 5.69 Å². The molecule has 0 fully saturated rings. The Morgan fingerprint density at radius 2 is 1.90 bits per heavy atom. The highest BCUT2D eigenvalue weighted by molar-refractivity contribution is 5.93. The van der Waals surface area contributed by atoms with E-state index in [2.05, 4.69) is 10.1 Å². The van der Waals surface area contributed by atoms with E-state index in [1.54, 1.807) is 0 Å². The zero-order valence-electron chi connectivity index (χ0n) is 11.1. The van der Waals surface area contributed by atoms with Crippen molar-refractivity contribution >= 4 is 17.7 Å². The third-order valence-electron chi connectivity index (χ3n) is 2.61. The number of likely N-dealkylation sites (N-methyl/N-ethyl adjacent to an activating group) is 1. The number of halogens is 3. The fourth-order valence-electron chi connectivity index (χ4n) is 1.33. The van der Waals surface area contributed by atoms with Crippen LogP contribution >= 0.6 is 0 Å². The SMILES string of the molecule is CC(C(=O)O)N(C)C(=O)Nc1ccccc1OC(F)(F)F. The summed E-state index contributed by atoms with van der Waals surface area (Å²) in [6.45, 7) is 1.26. The normalized spacial score (nSPS) is 12.4. The van der Waals surface area contributed by atoms with Gasteiger partial charge in [0.2, 0.25) is 0 Å². The van der Waals surface area contributed by atoms with Gasteiger partial charge in [-0.25, -0.2) is 9.59 Å². The number of carbonyl (C=O) groups is 2. The summed E-state index contributed by atoms with van der Waals surface area (Å²) >= 11 is 0. The Bertz CT molecular complexity index is 533. The monoisotopic (exact) mass is 306 g/mol. The molecular formula is C12H13F3N2O4. The number of alkyl halides is 3. The minimum atomic E-state index is -4.90. The van der Waals surface area contributed by atoms with Crippen LogP contribution in [0.15, 0.2) is 24.3 Å². The summed E-state index contributed by atoms with van der Waals surface area (Å²) in [5.41, 5.74) is -0.218. The number of amides is 2. The number of carbonyl (C=O) groups excluding carboxylic acids is 1. The number of rotatable bonds is 4. The Morgan fingerprint density at radius 3 is 2.43 bits per heavy atom. The first-order chi connectivity index (χ1) is 9.61. The Kier molecular flexibility index (Phi) is 5.01. The summed E-state index contributed by atoms with van der Waals surface area (Å²) in [5, 5.41) is 10.9. The number of ether oxygens (including phenoxy) is 1. The quantitative estimate of drug-likeness (QED) is 0.896. The number of hydrogen-bond donors (Lipinski definition) is 2. The molecule has 9 heteroatoms. The lowest BCUT2D eigenvalue weighted by atomic mass is 10.3. The lowest BCUT2D eigenvalue weighted by Crippen LogP contribution is -2.42. The Labute approximate surface area is 118 Å². The summed E-state index contributed by atoms with van der Waals surface area (Å²) in [4.78, 5) is 23.4. The van der Waals surface area contributed by atoms with E-state index >= 15 is 0 Å². The van der Waals surface area contributed by atoms with Gasteiger partial charge in [0.15, 0.2) is 5.75 Å². The van der Waals surface area contributed by atoms with Crippen LogP contribution in [0.1, 0.15) is 6.92 Å². The van der Waals surface area contributed by atoms with Gasteiger partial charge in [-0.15, -0.1) is 13.2 Å². The van der Waals surface area contributed by atoms with Crippen LogP contribution in [0, 0.1) is 0 Å². The van der Waals surface area contributed by atoms with Gasteiger partial charge in [0, 0.05) is 7.05 Å². The fraction of sp³-hybridized carbons (Fsp3) is 0.333.